The highest BCUT2D eigenvalue weighted by molar-refractivity contribution is 5.56. The summed E-state index contributed by atoms with van der Waals surface area (Å²) >= 11 is 0. The molecular formula is C5H9FO6. The highest BCUT2D eigenvalue weighted by Crippen LogP contribution is 1.60. The first-order chi connectivity index (χ1) is 5.42. The van der Waals surface area contributed by atoms with Crippen molar-refractivity contribution in [2.45, 2.75) is 0 Å². The Balaban J connectivity index is -0.000000105. The van der Waals surface area contributed by atoms with Crippen LogP contribution in [0.1, 0.15) is 0 Å². The Kier molecular flexibility index (Phi) is 22.3. The maximum Gasteiger partial charge on any atom is 0.505 e. The molecule has 0 radical (unpaired) electrons. The number of ether oxygens (including phenoxy) is 1. The maximum absolute atomic E-state index is 10.1. The third-order valence-electron chi connectivity index (χ3n) is 0.175. The lowest BCUT2D eigenvalue weighted by Gasteiger charge is -1.79. The zero-order valence-corrected chi connectivity index (χ0v) is 6.23. The standard InChI is InChI=1S/C2H3F.C2H4O3.CH2O3/c1-2-3;1-5-2(3)4;2-1(3)4/h2H,1H2;1H3,(H,3,4);(H2,2,3,4). The van der Waals surface area contributed by atoms with Gasteiger partial charge in [0.25, 0.3) is 0 Å². The molecule has 0 fully saturated rings. The van der Waals surface area contributed by atoms with Crippen LogP contribution >= 0.6 is 0 Å². The Morgan fingerprint density at radius 3 is 1.50 bits per heavy atom. The second-order valence-corrected chi connectivity index (χ2v) is 0.907. The molecule has 0 aromatic carbocycles. The van der Waals surface area contributed by atoms with Gasteiger partial charge in [0.2, 0.25) is 0 Å². The van der Waals surface area contributed by atoms with Crippen LogP contribution in [0.2, 0.25) is 0 Å². The van der Waals surface area contributed by atoms with E-state index in [1.165, 1.54) is 0 Å². The van der Waals surface area contributed by atoms with Crippen LogP contribution in [0.15, 0.2) is 12.9 Å². The van der Waals surface area contributed by atoms with Crippen molar-refractivity contribution in [3.05, 3.63) is 12.9 Å². The van der Waals surface area contributed by atoms with Gasteiger partial charge in [-0.15, -0.1) is 0 Å². The largest absolute Gasteiger partial charge is 0.505 e. The van der Waals surface area contributed by atoms with Crippen LogP contribution < -0.4 is 0 Å². The van der Waals surface area contributed by atoms with E-state index in [0.717, 1.165) is 7.11 Å². The van der Waals surface area contributed by atoms with Crippen molar-refractivity contribution >= 4 is 12.3 Å². The summed E-state index contributed by atoms with van der Waals surface area (Å²) in [5, 5.41) is 21.4. The zero-order chi connectivity index (χ0) is 10.6. The van der Waals surface area contributed by atoms with Crippen molar-refractivity contribution in [2.75, 3.05) is 7.11 Å². The summed E-state index contributed by atoms with van der Waals surface area (Å²) in [5.41, 5.74) is 0. The minimum atomic E-state index is -1.83. The minimum Gasteiger partial charge on any atom is -0.450 e. The van der Waals surface area contributed by atoms with Crippen molar-refractivity contribution in [2.24, 2.45) is 0 Å². The van der Waals surface area contributed by atoms with Gasteiger partial charge in [-0.2, -0.15) is 0 Å². The second-order valence-electron chi connectivity index (χ2n) is 0.907. The number of hydrogen-bond donors (Lipinski definition) is 3. The molecule has 6 nitrogen and oxygen atoms in total. The van der Waals surface area contributed by atoms with Crippen LogP contribution in [-0.4, -0.2) is 34.7 Å². The lowest BCUT2D eigenvalue weighted by Crippen LogP contribution is -1.91. The van der Waals surface area contributed by atoms with Gasteiger partial charge in [0.15, 0.2) is 0 Å². The molecule has 3 N–H and O–H groups in total. The molecule has 0 aliphatic carbocycles. The molecule has 0 spiro atoms. The number of halogens is 1. The SMILES string of the molecule is C=CF.COC(=O)O.O=C(O)O. The molecule has 0 amide bonds. The Morgan fingerprint density at radius 1 is 1.42 bits per heavy atom. The van der Waals surface area contributed by atoms with Crippen molar-refractivity contribution in [1.82, 2.24) is 0 Å². The summed E-state index contributed by atoms with van der Waals surface area (Å²) in [6.45, 7) is 2.69. The smallest absolute Gasteiger partial charge is 0.450 e. The highest BCUT2D eigenvalue weighted by atomic mass is 19.1. The summed E-state index contributed by atoms with van der Waals surface area (Å²) in [5.74, 6) is 0. The zero-order valence-electron chi connectivity index (χ0n) is 6.23. The van der Waals surface area contributed by atoms with Crippen LogP contribution in [0.3, 0.4) is 0 Å². The van der Waals surface area contributed by atoms with E-state index in [1.807, 2.05) is 0 Å². The number of carboxylic acid groups (broad SMARTS) is 3. The predicted molar refractivity (Wildman–Crippen MR) is 37.0 cm³/mol. The first-order valence-electron chi connectivity index (χ1n) is 2.32. The van der Waals surface area contributed by atoms with E-state index in [1.54, 1.807) is 0 Å². The van der Waals surface area contributed by atoms with Gasteiger partial charge in [-0.1, -0.05) is 6.58 Å². The molecule has 0 saturated carbocycles. The van der Waals surface area contributed by atoms with E-state index in [9.17, 15) is 4.39 Å². The van der Waals surface area contributed by atoms with Gasteiger partial charge in [-0.25, -0.2) is 14.0 Å². The van der Waals surface area contributed by atoms with E-state index >= 15 is 0 Å². The normalized spacial score (nSPS) is 5.83. The quantitative estimate of drug-likeness (QED) is 0.494. The summed E-state index contributed by atoms with van der Waals surface area (Å²) in [6.07, 6.45) is -2.83. The Morgan fingerprint density at radius 2 is 1.50 bits per heavy atom. The number of rotatable bonds is 0. The van der Waals surface area contributed by atoms with Crippen molar-refractivity contribution in [3.63, 3.8) is 0 Å². The molecule has 0 atom stereocenters. The van der Waals surface area contributed by atoms with E-state index in [-0.39, 0.29) is 6.33 Å². The average molecular weight is 184 g/mol. The third kappa shape index (κ3) is 9680. The Bertz CT molecular complexity index is 130. The third-order valence-corrected chi connectivity index (χ3v) is 0.175. The molecule has 0 aliphatic rings. The lowest BCUT2D eigenvalue weighted by atomic mass is 11.2. The van der Waals surface area contributed by atoms with Crippen LogP contribution in [0, 0.1) is 0 Å². The summed E-state index contributed by atoms with van der Waals surface area (Å²) in [4.78, 5) is 17.7. The number of methoxy groups -OCH3 is 1. The van der Waals surface area contributed by atoms with Crippen LogP contribution in [0.5, 0.6) is 0 Å². The molecule has 0 bridgehead atoms. The van der Waals surface area contributed by atoms with Gasteiger partial charge in [0.1, 0.15) is 0 Å². The molecule has 0 aromatic heterocycles. The Hall–Kier alpha value is -1.79. The maximum atomic E-state index is 10.1. The first kappa shape index (κ1) is 16.7. The van der Waals surface area contributed by atoms with Crippen molar-refractivity contribution in [3.8, 4) is 0 Å². The monoisotopic (exact) mass is 184 g/mol. The first-order valence-corrected chi connectivity index (χ1v) is 2.32. The second kappa shape index (κ2) is 16.1. The fraction of sp³-hybridized carbons (Fsp3) is 0.200. The number of carbonyl (C=O) groups is 2. The van der Waals surface area contributed by atoms with Crippen molar-refractivity contribution < 1.29 is 34.0 Å². The van der Waals surface area contributed by atoms with Gasteiger partial charge in [-0.05, 0) is 0 Å². The molecule has 0 rings (SSSR count). The van der Waals surface area contributed by atoms with E-state index in [2.05, 4.69) is 11.3 Å². The molecule has 0 saturated heterocycles. The van der Waals surface area contributed by atoms with E-state index in [4.69, 9.17) is 24.9 Å². The minimum absolute atomic E-state index is 0.250. The number of hydrogen-bond acceptors (Lipinski definition) is 3. The van der Waals surface area contributed by atoms with Crippen LogP contribution in [0.4, 0.5) is 14.0 Å². The molecule has 0 aliphatic heterocycles. The summed E-state index contributed by atoms with van der Waals surface area (Å²) in [6, 6.07) is 0. The predicted octanol–water partition coefficient (Wildman–Crippen LogP) is 1.63. The van der Waals surface area contributed by atoms with Gasteiger partial charge >= 0.3 is 12.3 Å². The lowest BCUT2D eigenvalue weighted by molar-refractivity contribution is 0.113. The van der Waals surface area contributed by atoms with Crippen LogP contribution in [-0.2, 0) is 4.74 Å². The molecule has 12 heavy (non-hydrogen) atoms. The van der Waals surface area contributed by atoms with Gasteiger partial charge in [0.05, 0.1) is 13.4 Å². The average Bonchev–Trinajstić information content (AvgIpc) is 1.88. The topological polar surface area (TPSA) is 104 Å². The molecule has 0 unspecified atom stereocenters. The molecule has 7 heteroatoms. The summed E-state index contributed by atoms with van der Waals surface area (Å²) < 4.78 is 13.7. The van der Waals surface area contributed by atoms with Gasteiger partial charge in [-0.3, -0.25) is 0 Å². The van der Waals surface area contributed by atoms with E-state index in [0.29, 0.717) is 0 Å². The van der Waals surface area contributed by atoms with Crippen LogP contribution in [0.25, 0.3) is 0 Å². The van der Waals surface area contributed by atoms with Gasteiger partial charge < -0.3 is 20.1 Å². The molecule has 72 valence electrons. The molecule has 0 heterocycles. The fourth-order valence-corrected chi connectivity index (χ4v) is 0. The molecule has 0 aromatic rings. The summed E-state index contributed by atoms with van der Waals surface area (Å²) in [7, 11) is 1.10. The van der Waals surface area contributed by atoms with E-state index < -0.39 is 12.3 Å². The molecular weight excluding hydrogens is 175 g/mol. The fourth-order valence-electron chi connectivity index (χ4n) is 0. The van der Waals surface area contributed by atoms with Gasteiger partial charge in [0, 0.05) is 0 Å². The van der Waals surface area contributed by atoms with Crippen molar-refractivity contribution in [1.29, 1.82) is 0 Å². The Labute approximate surface area is 67.5 Å². The highest BCUT2D eigenvalue weighted by Gasteiger charge is 1.80.